The van der Waals surface area contributed by atoms with E-state index >= 15 is 0 Å². The Kier molecular flexibility index (Phi) is 5.10. The first-order valence-corrected chi connectivity index (χ1v) is 10.1. The van der Waals surface area contributed by atoms with Gasteiger partial charge in [-0.3, -0.25) is 4.79 Å². The molecule has 2 heterocycles. The highest BCUT2D eigenvalue weighted by Crippen LogP contribution is 2.32. The second-order valence-electron chi connectivity index (χ2n) is 7.22. The number of aromatic nitrogens is 1. The first-order chi connectivity index (χ1) is 15.3. The molecule has 6 heteroatoms. The van der Waals surface area contributed by atoms with Crippen LogP contribution in [0.4, 0.5) is 0 Å². The number of carbonyl (C=O) groups is 1. The van der Waals surface area contributed by atoms with E-state index in [1.165, 1.54) is 0 Å². The number of fused-ring (bicyclic) bond motifs is 1. The third-order valence-corrected chi connectivity index (χ3v) is 5.13. The summed E-state index contributed by atoms with van der Waals surface area (Å²) in [5.74, 6) is 1.77. The number of amides is 1. The van der Waals surface area contributed by atoms with Crippen LogP contribution in [0, 0.1) is 0 Å². The monoisotopic (exact) mass is 412 g/mol. The molecule has 1 aromatic heterocycles. The van der Waals surface area contributed by atoms with Crippen molar-refractivity contribution >= 4 is 5.91 Å². The van der Waals surface area contributed by atoms with Crippen molar-refractivity contribution in [1.82, 2.24) is 10.5 Å². The molecular formula is C25H20N2O4. The second-order valence-corrected chi connectivity index (χ2v) is 7.22. The van der Waals surface area contributed by atoms with Crippen LogP contribution in [0.5, 0.6) is 11.5 Å². The van der Waals surface area contributed by atoms with Crippen molar-refractivity contribution in [2.45, 2.75) is 6.42 Å². The van der Waals surface area contributed by atoms with Crippen molar-refractivity contribution in [3.8, 4) is 33.9 Å². The van der Waals surface area contributed by atoms with Crippen LogP contribution in [0.25, 0.3) is 22.5 Å². The lowest BCUT2D eigenvalue weighted by atomic mass is 10.0. The summed E-state index contributed by atoms with van der Waals surface area (Å²) < 4.78 is 16.1. The number of rotatable bonds is 6. The van der Waals surface area contributed by atoms with Gasteiger partial charge in [0.25, 0.3) is 5.91 Å². The fourth-order valence-electron chi connectivity index (χ4n) is 3.51. The van der Waals surface area contributed by atoms with Gasteiger partial charge in [0, 0.05) is 18.2 Å². The molecule has 1 aliphatic rings. The van der Waals surface area contributed by atoms with Crippen LogP contribution in [0.15, 0.2) is 83.4 Å². The summed E-state index contributed by atoms with van der Waals surface area (Å²) in [4.78, 5) is 12.5. The molecule has 0 radical (unpaired) electrons. The van der Waals surface area contributed by atoms with Gasteiger partial charge in [-0.05, 0) is 41.3 Å². The summed E-state index contributed by atoms with van der Waals surface area (Å²) >= 11 is 0. The largest absolute Gasteiger partial charge is 0.454 e. The molecule has 1 amide bonds. The number of benzene rings is 3. The molecule has 0 bridgehead atoms. The molecule has 154 valence electrons. The maximum absolute atomic E-state index is 12.5. The Morgan fingerprint density at radius 1 is 0.839 bits per heavy atom. The van der Waals surface area contributed by atoms with E-state index in [1.807, 2.05) is 60.7 Å². The van der Waals surface area contributed by atoms with E-state index in [2.05, 4.69) is 22.6 Å². The van der Waals surface area contributed by atoms with Gasteiger partial charge in [0.15, 0.2) is 23.0 Å². The average Bonchev–Trinajstić information content (AvgIpc) is 3.49. The predicted molar refractivity (Wildman–Crippen MR) is 116 cm³/mol. The Morgan fingerprint density at radius 2 is 1.65 bits per heavy atom. The van der Waals surface area contributed by atoms with Gasteiger partial charge in [-0.15, -0.1) is 0 Å². The third kappa shape index (κ3) is 4.14. The average molecular weight is 412 g/mol. The summed E-state index contributed by atoms with van der Waals surface area (Å²) in [6, 6.07) is 25.5. The molecule has 1 N–H and O–H groups in total. The minimum absolute atomic E-state index is 0.248. The van der Waals surface area contributed by atoms with Crippen molar-refractivity contribution < 1.29 is 18.8 Å². The van der Waals surface area contributed by atoms with E-state index < -0.39 is 0 Å². The fraction of sp³-hybridized carbons (Fsp3) is 0.120. The predicted octanol–water partition coefficient (Wildman–Crippen LogP) is 4.71. The van der Waals surface area contributed by atoms with Gasteiger partial charge in [-0.1, -0.05) is 59.8 Å². The first-order valence-electron chi connectivity index (χ1n) is 10.1. The summed E-state index contributed by atoms with van der Waals surface area (Å²) in [6.07, 6.45) is 0.673. The molecule has 6 nitrogen and oxygen atoms in total. The van der Waals surface area contributed by atoms with Crippen molar-refractivity contribution in [2.24, 2.45) is 0 Å². The smallest absolute Gasteiger partial charge is 0.273 e. The minimum Gasteiger partial charge on any atom is -0.454 e. The Bertz CT molecular complexity index is 1220. The van der Waals surface area contributed by atoms with E-state index in [9.17, 15) is 4.79 Å². The quantitative estimate of drug-likeness (QED) is 0.497. The molecule has 0 unspecified atom stereocenters. The van der Waals surface area contributed by atoms with Crippen LogP contribution in [0.3, 0.4) is 0 Å². The zero-order valence-corrected chi connectivity index (χ0v) is 16.7. The summed E-state index contributed by atoms with van der Waals surface area (Å²) in [5.41, 5.74) is 4.37. The highest BCUT2D eigenvalue weighted by molar-refractivity contribution is 5.93. The molecular weight excluding hydrogens is 392 g/mol. The Hall–Kier alpha value is -4.06. The normalized spacial score (nSPS) is 12.0. The molecule has 0 aliphatic carbocycles. The van der Waals surface area contributed by atoms with E-state index in [0.29, 0.717) is 18.7 Å². The Labute approximate surface area is 179 Å². The molecule has 0 saturated heterocycles. The van der Waals surface area contributed by atoms with E-state index in [0.717, 1.165) is 33.8 Å². The summed E-state index contributed by atoms with van der Waals surface area (Å²) in [5, 5.41) is 6.83. The van der Waals surface area contributed by atoms with E-state index in [1.54, 1.807) is 6.07 Å². The van der Waals surface area contributed by atoms with Gasteiger partial charge in [-0.2, -0.15) is 0 Å². The zero-order valence-electron chi connectivity index (χ0n) is 16.7. The van der Waals surface area contributed by atoms with Gasteiger partial charge in [0.1, 0.15) is 0 Å². The van der Waals surface area contributed by atoms with Crippen molar-refractivity contribution in [3.63, 3.8) is 0 Å². The van der Waals surface area contributed by atoms with Gasteiger partial charge in [0.2, 0.25) is 6.79 Å². The molecule has 31 heavy (non-hydrogen) atoms. The van der Waals surface area contributed by atoms with Crippen LogP contribution < -0.4 is 14.8 Å². The standard InChI is InChI=1S/C25H20N2O4/c28-25(26-12-11-17-9-10-22-24(13-17)30-16-29-22)21-15-23(31-27-21)20-8-4-7-19(14-20)18-5-2-1-3-6-18/h1-10,13-15H,11-12,16H2,(H,26,28). The first kappa shape index (κ1) is 18.9. The van der Waals surface area contributed by atoms with Crippen molar-refractivity contribution in [3.05, 3.63) is 90.1 Å². The van der Waals surface area contributed by atoms with Gasteiger partial charge in [0.05, 0.1) is 0 Å². The maximum atomic E-state index is 12.5. The maximum Gasteiger partial charge on any atom is 0.273 e. The minimum atomic E-state index is -0.269. The molecule has 0 saturated carbocycles. The molecule has 0 fully saturated rings. The number of nitrogens with one attached hydrogen (secondary N) is 1. The Morgan fingerprint density at radius 3 is 2.55 bits per heavy atom. The molecule has 0 atom stereocenters. The molecule has 5 rings (SSSR count). The Balaban J connectivity index is 1.23. The van der Waals surface area contributed by atoms with Gasteiger partial charge in [-0.25, -0.2) is 0 Å². The van der Waals surface area contributed by atoms with Crippen LogP contribution in [-0.4, -0.2) is 24.4 Å². The number of carbonyl (C=O) groups excluding carboxylic acids is 1. The molecule has 1 aliphatic heterocycles. The van der Waals surface area contributed by atoms with E-state index in [-0.39, 0.29) is 18.4 Å². The summed E-state index contributed by atoms with van der Waals surface area (Å²) in [6.45, 7) is 0.725. The summed E-state index contributed by atoms with van der Waals surface area (Å²) in [7, 11) is 0. The second kappa shape index (κ2) is 8.36. The number of ether oxygens (including phenoxy) is 2. The number of nitrogens with zero attached hydrogens (tertiary/aromatic N) is 1. The molecule has 0 spiro atoms. The van der Waals surface area contributed by atoms with Crippen molar-refractivity contribution in [2.75, 3.05) is 13.3 Å². The zero-order chi connectivity index (χ0) is 21.0. The lowest BCUT2D eigenvalue weighted by molar-refractivity contribution is 0.0945. The number of hydrogen-bond acceptors (Lipinski definition) is 5. The van der Waals surface area contributed by atoms with Crippen LogP contribution >= 0.6 is 0 Å². The third-order valence-electron chi connectivity index (χ3n) is 5.13. The van der Waals surface area contributed by atoms with Gasteiger partial charge >= 0.3 is 0 Å². The fourth-order valence-corrected chi connectivity index (χ4v) is 3.51. The number of hydrogen-bond donors (Lipinski definition) is 1. The van der Waals surface area contributed by atoms with Gasteiger partial charge < -0.3 is 19.3 Å². The van der Waals surface area contributed by atoms with Crippen molar-refractivity contribution in [1.29, 1.82) is 0 Å². The lowest BCUT2D eigenvalue weighted by Gasteiger charge is -2.04. The van der Waals surface area contributed by atoms with Crippen LogP contribution in [0.1, 0.15) is 16.1 Å². The lowest BCUT2D eigenvalue weighted by Crippen LogP contribution is -2.25. The molecule has 4 aromatic rings. The van der Waals surface area contributed by atoms with E-state index in [4.69, 9.17) is 14.0 Å². The SMILES string of the molecule is O=C(NCCc1ccc2c(c1)OCO2)c1cc(-c2cccc(-c3ccccc3)c2)on1. The molecule has 3 aromatic carbocycles. The topological polar surface area (TPSA) is 73.6 Å². The van der Waals surface area contributed by atoms with Crippen LogP contribution in [-0.2, 0) is 6.42 Å². The van der Waals surface area contributed by atoms with Crippen LogP contribution in [0.2, 0.25) is 0 Å². The highest BCUT2D eigenvalue weighted by Gasteiger charge is 2.15. The highest BCUT2D eigenvalue weighted by atomic mass is 16.7.